The summed E-state index contributed by atoms with van der Waals surface area (Å²) in [6.07, 6.45) is 10.3. The Morgan fingerprint density at radius 3 is 2.85 bits per heavy atom. The summed E-state index contributed by atoms with van der Waals surface area (Å²) in [6.45, 7) is 5.67. The van der Waals surface area contributed by atoms with E-state index in [0.29, 0.717) is 18.1 Å². The Balaban J connectivity index is 2.71. The predicted molar refractivity (Wildman–Crippen MR) is 55.4 cm³/mol. The summed E-state index contributed by atoms with van der Waals surface area (Å²) in [5, 5.41) is 0. The number of rotatable bonds is 3. The molecular formula is C12H16O. The van der Waals surface area contributed by atoms with E-state index in [1.807, 2.05) is 19.1 Å². The van der Waals surface area contributed by atoms with E-state index in [1.165, 1.54) is 5.57 Å². The van der Waals surface area contributed by atoms with Gasteiger partial charge in [0.2, 0.25) is 0 Å². The summed E-state index contributed by atoms with van der Waals surface area (Å²) >= 11 is 0. The topological polar surface area (TPSA) is 17.1 Å². The molecule has 0 N–H and O–H groups in total. The van der Waals surface area contributed by atoms with Crippen LogP contribution >= 0.6 is 0 Å². The molecule has 1 aliphatic rings. The second kappa shape index (κ2) is 4.80. The number of carbonyl (C=O) groups is 1. The fourth-order valence-electron chi connectivity index (χ4n) is 1.75. The molecule has 0 heterocycles. The predicted octanol–water partition coefficient (Wildman–Crippen LogP) is 3.04. The first-order chi connectivity index (χ1) is 6.27. The average molecular weight is 176 g/mol. The zero-order valence-electron chi connectivity index (χ0n) is 8.12. The molecular weight excluding hydrogens is 160 g/mol. The van der Waals surface area contributed by atoms with Crippen LogP contribution in [0.3, 0.4) is 0 Å². The number of hydrogen-bond donors (Lipinski definition) is 0. The molecule has 0 bridgehead atoms. The van der Waals surface area contributed by atoms with Gasteiger partial charge < -0.3 is 0 Å². The van der Waals surface area contributed by atoms with Crippen LogP contribution < -0.4 is 0 Å². The van der Waals surface area contributed by atoms with Crippen LogP contribution in [-0.2, 0) is 4.79 Å². The highest BCUT2D eigenvalue weighted by atomic mass is 16.1. The molecule has 0 aromatic carbocycles. The molecule has 1 aliphatic carbocycles. The van der Waals surface area contributed by atoms with E-state index in [2.05, 4.69) is 12.7 Å². The highest BCUT2D eigenvalue weighted by molar-refractivity contribution is 5.81. The summed E-state index contributed by atoms with van der Waals surface area (Å²) in [5.41, 5.74) is 1.24. The molecule has 0 aromatic heterocycles. The Kier molecular flexibility index (Phi) is 3.69. The van der Waals surface area contributed by atoms with E-state index in [0.717, 1.165) is 12.8 Å². The quantitative estimate of drug-likeness (QED) is 0.604. The largest absolute Gasteiger partial charge is 0.300 e. The van der Waals surface area contributed by atoms with Gasteiger partial charge >= 0.3 is 0 Å². The zero-order valence-corrected chi connectivity index (χ0v) is 8.12. The summed E-state index contributed by atoms with van der Waals surface area (Å²) in [6, 6.07) is 0. The summed E-state index contributed by atoms with van der Waals surface area (Å²) < 4.78 is 0. The van der Waals surface area contributed by atoms with E-state index >= 15 is 0 Å². The van der Waals surface area contributed by atoms with Crippen molar-refractivity contribution in [1.29, 1.82) is 0 Å². The number of ketones is 1. The number of Topliss-reactive ketones (excluding diaryl/α,β-unsaturated/α-hetero) is 1. The van der Waals surface area contributed by atoms with Gasteiger partial charge in [-0.2, -0.15) is 0 Å². The van der Waals surface area contributed by atoms with E-state index < -0.39 is 0 Å². The first-order valence-electron chi connectivity index (χ1n) is 4.75. The average Bonchev–Trinajstić information content (AvgIpc) is 2.51. The lowest BCUT2D eigenvalue weighted by atomic mass is 9.96. The van der Waals surface area contributed by atoms with Crippen LogP contribution in [0.1, 0.15) is 26.2 Å². The molecule has 1 unspecified atom stereocenters. The molecule has 0 spiro atoms. The second-order valence-corrected chi connectivity index (χ2v) is 3.38. The van der Waals surface area contributed by atoms with E-state index in [9.17, 15) is 4.79 Å². The maximum Gasteiger partial charge on any atom is 0.133 e. The highest BCUT2D eigenvalue weighted by Gasteiger charge is 2.23. The Morgan fingerprint density at radius 1 is 1.62 bits per heavy atom. The number of allylic oxidation sites excluding steroid dienone is 5. The third kappa shape index (κ3) is 2.69. The van der Waals surface area contributed by atoms with Crippen molar-refractivity contribution in [1.82, 2.24) is 0 Å². The lowest BCUT2D eigenvalue weighted by molar-refractivity contribution is -0.117. The molecule has 70 valence electrons. The standard InChI is InChI=1S/C12H16O/c1-3-5-10(6-4-2)11-7-8-12(13)9-11/h3-6,11H,1,7-9H2,2H3/b6-4-,10-5+. The van der Waals surface area contributed by atoms with Crippen LogP contribution in [0.25, 0.3) is 0 Å². The van der Waals surface area contributed by atoms with Crippen LogP contribution in [0.2, 0.25) is 0 Å². The van der Waals surface area contributed by atoms with Gasteiger partial charge in [-0.3, -0.25) is 4.79 Å². The second-order valence-electron chi connectivity index (χ2n) is 3.38. The Bertz CT molecular complexity index is 258. The van der Waals surface area contributed by atoms with Gasteiger partial charge in [-0.15, -0.1) is 0 Å². The van der Waals surface area contributed by atoms with E-state index in [1.54, 1.807) is 6.08 Å². The van der Waals surface area contributed by atoms with Crippen molar-refractivity contribution in [3.63, 3.8) is 0 Å². The van der Waals surface area contributed by atoms with Gasteiger partial charge in [0.25, 0.3) is 0 Å². The van der Waals surface area contributed by atoms with Crippen LogP contribution in [0.15, 0.2) is 36.5 Å². The molecule has 0 aromatic rings. The summed E-state index contributed by atoms with van der Waals surface area (Å²) in [7, 11) is 0. The van der Waals surface area contributed by atoms with E-state index in [4.69, 9.17) is 0 Å². The molecule has 13 heavy (non-hydrogen) atoms. The highest BCUT2D eigenvalue weighted by Crippen LogP contribution is 2.29. The first kappa shape index (κ1) is 9.97. The van der Waals surface area contributed by atoms with Crippen molar-refractivity contribution in [2.45, 2.75) is 26.2 Å². The first-order valence-corrected chi connectivity index (χ1v) is 4.75. The van der Waals surface area contributed by atoms with Gasteiger partial charge in [0, 0.05) is 12.8 Å². The smallest absolute Gasteiger partial charge is 0.133 e. The van der Waals surface area contributed by atoms with Crippen molar-refractivity contribution in [3.8, 4) is 0 Å². The van der Waals surface area contributed by atoms with Crippen molar-refractivity contribution >= 4 is 5.78 Å². The molecule has 1 rings (SSSR count). The zero-order chi connectivity index (χ0) is 9.68. The van der Waals surface area contributed by atoms with Gasteiger partial charge in [-0.1, -0.05) is 30.9 Å². The van der Waals surface area contributed by atoms with Crippen molar-refractivity contribution in [3.05, 3.63) is 36.5 Å². The minimum atomic E-state index is 0.393. The Morgan fingerprint density at radius 2 is 2.38 bits per heavy atom. The minimum absolute atomic E-state index is 0.393. The minimum Gasteiger partial charge on any atom is -0.300 e. The van der Waals surface area contributed by atoms with Crippen LogP contribution in [0.5, 0.6) is 0 Å². The number of hydrogen-bond acceptors (Lipinski definition) is 1. The SMILES string of the molecule is C=C/C=C(\C=C/C)C1CCC(=O)C1. The normalized spacial score (nSPS) is 24.2. The molecule has 0 radical (unpaired) electrons. The van der Waals surface area contributed by atoms with Crippen LogP contribution in [0, 0.1) is 5.92 Å². The Labute approximate surface area is 79.8 Å². The van der Waals surface area contributed by atoms with Crippen LogP contribution in [0.4, 0.5) is 0 Å². The maximum atomic E-state index is 11.1. The molecule has 0 amide bonds. The fourth-order valence-corrected chi connectivity index (χ4v) is 1.75. The van der Waals surface area contributed by atoms with Crippen molar-refractivity contribution < 1.29 is 4.79 Å². The molecule has 1 heteroatoms. The summed E-state index contributed by atoms with van der Waals surface area (Å²) in [4.78, 5) is 11.1. The lowest BCUT2D eigenvalue weighted by Crippen LogP contribution is -1.97. The van der Waals surface area contributed by atoms with Crippen molar-refractivity contribution in [2.75, 3.05) is 0 Å². The Hall–Kier alpha value is -1.11. The van der Waals surface area contributed by atoms with Gasteiger partial charge in [0.1, 0.15) is 5.78 Å². The van der Waals surface area contributed by atoms with Crippen molar-refractivity contribution in [2.24, 2.45) is 5.92 Å². The molecule has 1 atom stereocenters. The van der Waals surface area contributed by atoms with Gasteiger partial charge in [0.15, 0.2) is 0 Å². The lowest BCUT2D eigenvalue weighted by Gasteiger charge is -2.08. The van der Waals surface area contributed by atoms with Crippen LogP contribution in [-0.4, -0.2) is 5.78 Å². The summed E-state index contributed by atoms with van der Waals surface area (Å²) in [5.74, 6) is 0.825. The van der Waals surface area contributed by atoms with Gasteiger partial charge in [0.05, 0.1) is 0 Å². The molecule has 1 saturated carbocycles. The molecule has 1 fully saturated rings. The van der Waals surface area contributed by atoms with Gasteiger partial charge in [-0.05, 0) is 24.8 Å². The molecule has 0 aliphatic heterocycles. The van der Waals surface area contributed by atoms with E-state index in [-0.39, 0.29) is 0 Å². The monoisotopic (exact) mass is 176 g/mol. The fraction of sp³-hybridized carbons (Fsp3) is 0.417. The third-order valence-corrected chi connectivity index (χ3v) is 2.39. The third-order valence-electron chi connectivity index (χ3n) is 2.39. The molecule has 0 saturated heterocycles. The van der Waals surface area contributed by atoms with Gasteiger partial charge in [-0.25, -0.2) is 0 Å². The molecule has 1 nitrogen and oxygen atoms in total. The number of carbonyl (C=O) groups excluding carboxylic acids is 1. The maximum absolute atomic E-state index is 11.1.